The SMILES string of the molecule is CC(C)(C)OC(=O)C[C@H]1CCN(c2ccc(C=O)cc2)C1.CC(C)(C)OC(=O)N1CCN(c2ccc(C=O)c(F)c2)CC1.CC(C)(C)OC(=O)N1CCN(c2ccc(C=O)cc2F)CC1.CC(C)(C)OC(=O)N1CCN(c2ccc(C=O)cc2[N+](=O)[O-])CC1.CN(C)CCN(C)c1ccc(C=O)cc1.O=Cc1ccc(N2CCC(N3CCCC3)CC2)cc1. The lowest BCUT2D eigenvalue weighted by Crippen LogP contribution is -2.50. The number of halogens is 2. The van der Waals surface area contributed by atoms with Crippen molar-refractivity contribution in [2.24, 2.45) is 5.92 Å². The summed E-state index contributed by atoms with van der Waals surface area (Å²) in [6.07, 6.45) is 10.0. The van der Waals surface area contributed by atoms with E-state index < -0.39 is 39.0 Å². The quantitative estimate of drug-likeness (QED) is 0.0239. The van der Waals surface area contributed by atoms with E-state index in [0.717, 1.165) is 93.1 Å². The number of hydrogen-bond acceptors (Lipinski definition) is 24. The number of nitro benzene ring substituents is 1. The minimum Gasteiger partial charge on any atom is -0.460 e. The Balaban J connectivity index is 0.000000204. The summed E-state index contributed by atoms with van der Waals surface area (Å²) >= 11 is 0. The van der Waals surface area contributed by atoms with Crippen molar-refractivity contribution < 1.29 is 80.6 Å². The molecule has 12 rings (SSSR count). The molecule has 6 aliphatic rings. The van der Waals surface area contributed by atoms with Crippen molar-refractivity contribution in [3.63, 3.8) is 0 Å². The van der Waals surface area contributed by atoms with E-state index in [1.54, 1.807) is 65.8 Å². The van der Waals surface area contributed by atoms with Crippen molar-refractivity contribution in [1.29, 1.82) is 0 Å². The van der Waals surface area contributed by atoms with Crippen LogP contribution in [0.2, 0.25) is 0 Å². The van der Waals surface area contributed by atoms with Crippen LogP contribution >= 0.6 is 0 Å². The third-order valence-corrected chi connectivity index (χ3v) is 20.8. The second-order valence-electron chi connectivity index (χ2n) is 35.3. The highest BCUT2D eigenvalue weighted by Crippen LogP contribution is 2.33. The van der Waals surface area contributed by atoms with Crippen LogP contribution in [-0.2, 0) is 23.7 Å². The van der Waals surface area contributed by atoms with Gasteiger partial charge in [-0.15, -0.1) is 0 Å². The van der Waals surface area contributed by atoms with Gasteiger partial charge in [-0.25, -0.2) is 23.2 Å². The summed E-state index contributed by atoms with van der Waals surface area (Å²) in [5.74, 6) is -0.728. The average molecular weight is 1710 g/mol. The molecule has 0 N–H and O–H groups in total. The van der Waals surface area contributed by atoms with Crippen molar-refractivity contribution in [3.8, 4) is 0 Å². The van der Waals surface area contributed by atoms with Crippen LogP contribution in [0.4, 0.5) is 63.0 Å². The maximum atomic E-state index is 14.0. The van der Waals surface area contributed by atoms with Crippen LogP contribution in [0.5, 0.6) is 0 Å². The number of likely N-dealkylation sites (N-methyl/N-ethyl adjacent to an activating group) is 2. The molecule has 6 aromatic rings. The molecule has 6 saturated heterocycles. The van der Waals surface area contributed by atoms with Crippen molar-refractivity contribution >= 4 is 102 Å². The van der Waals surface area contributed by atoms with E-state index >= 15 is 0 Å². The number of nitrogens with zero attached hydrogens (tertiary/aromatic N) is 12. The van der Waals surface area contributed by atoms with E-state index in [1.807, 2.05) is 138 Å². The van der Waals surface area contributed by atoms with Gasteiger partial charge in [-0.05, 0) is 270 Å². The summed E-state index contributed by atoms with van der Waals surface area (Å²) in [6.45, 7) is 36.7. The van der Waals surface area contributed by atoms with Crippen LogP contribution in [0.25, 0.3) is 0 Å². The van der Waals surface area contributed by atoms with Crippen LogP contribution in [0, 0.1) is 27.7 Å². The predicted octanol–water partition coefficient (Wildman–Crippen LogP) is 15.0. The number of ether oxygens (including phenoxy) is 4. The molecule has 6 heterocycles. The molecule has 6 aliphatic heterocycles. The number of piperazine rings is 3. The molecule has 3 amide bonds. The van der Waals surface area contributed by atoms with Gasteiger partial charge < -0.3 is 72.8 Å². The Morgan fingerprint density at radius 1 is 0.415 bits per heavy atom. The summed E-state index contributed by atoms with van der Waals surface area (Å²) in [7, 11) is 6.17. The minimum absolute atomic E-state index is 0.0520. The van der Waals surface area contributed by atoms with E-state index in [1.165, 1.54) is 68.7 Å². The smallest absolute Gasteiger partial charge is 0.410 e. The van der Waals surface area contributed by atoms with Crippen LogP contribution in [0.3, 0.4) is 0 Å². The third kappa shape index (κ3) is 33.1. The maximum absolute atomic E-state index is 14.0. The first-order valence-electron chi connectivity index (χ1n) is 42.1. The van der Waals surface area contributed by atoms with Gasteiger partial charge in [-0.1, -0.05) is 0 Å². The Kier molecular flexibility index (Phi) is 37.5. The second-order valence-corrected chi connectivity index (χ2v) is 35.3. The topological polar surface area (TPSA) is 286 Å². The second kappa shape index (κ2) is 46.7. The lowest BCUT2D eigenvalue weighted by molar-refractivity contribution is -0.384. The van der Waals surface area contributed by atoms with Crippen LogP contribution < -0.4 is 29.4 Å². The Hall–Kier alpha value is -11.4. The molecule has 0 bridgehead atoms. The zero-order valence-electron chi connectivity index (χ0n) is 74.3. The van der Waals surface area contributed by atoms with Crippen LogP contribution in [-0.4, -0.2) is 272 Å². The minimum atomic E-state index is -0.558. The number of piperidine rings is 1. The number of benzene rings is 6. The van der Waals surface area contributed by atoms with Crippen molar-refractivity contribution in [3.05, 3.63) is 183 Å². The number of aldehydes is 6. The third-order valence-electron chi connectivity index (χ3n) is 20.8. The summed E-state index contributed by atoms with van der Waals surface area (Å²) < 4.78 is 49.0. The molecule has 0 spiro atoms. The Labute approximate surface area is 723 Å². The fraction of sp³-hybridized carbons (Fsp3) is 0.505. The van der Waals surface area contributed by atoms with Gasteiger partial charge in [0.25, 0.3) is 5.69 Å². The number of carbonyl (C=O) groups is 10. The van der Waals surface area contributed by atoms with Gasteiger partial charge in [0.15, 0.2) is 6.29 Å². The molecule has 0 aromatic heterocycles. The van der Waals surface area contributed by atoms with Crippen LogP contribution in [0.1, 0.15) is 184 Å². The lowest BCUT2D eigenvalue weighted by Gasteiger charge is -2.37. The van der Waals surface area contributed by atoms with Crippen molar-refractivity contribution in [1.82, 2.24) is 24.5 Å². The highest BCUT2D eigenvalue weighted by Gasteiger charge is 2.33. The molecule has 30 heteroatoms. The molecule has 0 aliphatic carbocycles. The molecule has 0 radical (unpaired) electrons. The van der Waals surface area contributed by atoms with E-state index in [4.69, 9.17) is 18.9 Å². The lowest BCUT2D eigenvalue weighted by atomic mass is 10.0. The number of nitro groups is 1. The fourth-order valence-electron chi connectivity index (χ4n) is 14.3. The standard InChI is InChI=1S/C17H23NO3.2C16H21FN2O3.C16H21N3O5.C16H22N2O.C12H18N2O/c1-17(2,3)21-16(20)10-14-8-9-18(11-14)15-6-4-13(12-19)5-7-15;1-16(2,3)22-15(21)19-8-6-18(7-9-19)13-5-4-12(11-20)14(17)10-13;1-16(2,3)22-15(21)19-8-6-18(7-9-19)14-5-4-12(11-20)10-13(14)17;1-16(2,3)24-15(21)18-8-6-17(7-9-18)13-5-4-12(11-20)10-14(13)19(22)23;19-13-14-3-5-15(6-4-14)18-11-7-16(8-12-18)17-9-1-2-10-17;1-13(2)8-9-14(3)12-6-4-11(10-15)5-7-12/h4-7,12,14H,8-11H2,1-3H3;2*4-5,10-11H,6-9H2,1-3H3;4-5,10-11H,6-9H2,1-3H3;3-6,13,16H,1-2,7-12H2;4-7,10H,8-9H2,1-3H3/t14-;;;;;/m1...../s1. The normalized spacial score (nSPS) is 16.4. The number of likely N-dealkylation sites (tertiary alicyclic amines) is 1. The molecule has 6 fully saturated rings. The summed E-state index contributed by atoms with van der Waals surface area (Å²) in [5.41, 5.74) is 5.80. The van der Waals surface area contributed by atoms with E-state index in [9.17, 15) is 66.8 Å². The monoisotopic (exact) mass is 1700 g/mol. The molecule has 0 unspecified atom stereocenters. The first-order valence-corrected chi connectivity index (χ1v) is 42.1. The molecule has 28 nitrogen and oxygen atoms in total. The Morgan fingerprint density at radius 2 is 0.797 bits per heavy atom. The largest absolute Gasteiger partial charge is 0.460 e. The van der Waals surface area contributed by atoms with Crippen molar-refractivity contribution in [2.75, 3.05) is 181 Å². The first-order chi connectivity index (χ1) is 58.2. The van der Waals surface area contributed by atoms with Gasteiger partial charge in [0, 0.05) is 188 Å². The summed E-state index contributed by atoms with van der Waals surface area (Å²) in [4.78, 5) is 145. The maximum Gasteiger partial charge on any atom is 0.410 e. The Bertz CT molecular complexity index is 4430. The van der Waals surface area contributed by atoms with Gasteiger partial charge in [0.1, 0.15) is 71.2 Å². The molecule has 1 atom stereocenters. The van der Waals surface area contributed by atoms with Crippen LogP contribution in [0.15, 0.2) is 127 Å². The molecule has 0 saturated carbocycles. The number of hydrogen-bond donors (Lipinski definition) is 0. The number of amides is 3. The van der Waals surface area contributed by atoms with Crippen molar-refractivity contribution in [2.45, 2.75) is 150 Å². The molecule has 123 heavy (non-hydrogen) atoms. The first kappa shape index (κ1) is 98.7. The number of rotatable bonds is 19. The molecule has 668 valence electrons. The predicted molar refractivity (Wildman–Crippen MR) is 476 cm³/mol. The molecular formula is C93H126F2N12O16. The van der Waals surface area contributed by atoms with E-state index in [2.05, 4.69) is 57.8 Å². The van der Waals surface area contributed by atoms with Gasteiger partial charge in [0.05, 0.1) is 22.6 Å². The Morgan fingerprint density at radius 3 is 1.20 bits per heavy atom. The van der Waals surface area contributed by atoms with E-state index in [-0.39, 0.29) is 41.1 Å². The number of carbonyl (C=O) groups excluding carboxylic acids is 10. The zero-order chi connectivity index (χ0) is 90.4. The van der Waals surface area contributed by atoms with Gasteiger partial charge in [-0.3, -0.25) is 43.7 Å². The highest BCUT2D eigenvalue weighted by molar-refractivity contribution is 5.81. The molecular weight excluding hydrogens is 1580 g/mol. The van der Waals surface area contributed by atoms with E-state index in [0.29, 0.717) is 138 Å². The average Bonchev–Trinajstić information content (AvgIpc) is 1.31. The van der Waals surface area contributed by atoms with Gasteiger partial charge in [0.2, 0.25) is 0 Å². The van der Waals surface area contributed by atoms with Gasteiger partial charge in [-0.2, -0.15) is 0 Å². The molecule has 6 aromatic carbocycles. The fourth-order valence-corrected chi connectivity index (χ4v) is 14.3. The number of esters is 1. The summed E-state index contributed by atoms with van der Waals surface area (Å²) in [6, 6.07) is 37.3. The highest BCUT2D eigenvalue weighted by atomic mass is 19.1. The van der Waals surface area contributed by atoms with Gasteiger partial charge >= 0.3 is 24.2 Å². The number of anilines is 6. The summed E-state index contributed by atoms with van der Waals surface area (Å²) in [5, 5.41) is 11.2. The zero-order valence-corrected chi connectivity index (χ0v) is 74.3.